The Bertz CT molecular complexity index is 627. The number of rotatable bonds is 5. The number of ether oxygens (including phenoxy) is 2. The van der Waals surface area contributed by atoms with Gasteiger partial charge in [0.1, 0.15) is 18.2 Å². The molecule has 0 saturated heterocycles. The molecule has 1 unspecified atom stereocenters. The number of hydrogen-bond acceptors (Lipinski definition) is 3. The van der Waals surface area contributed by atoms with Gasteiger partial charge in [0.15, 0.2) is 11.6 Å². The highest BCUT2D eigenvalue weighted by Gasteiger charge is 2.10. The normalized spacial score (nSPS) is 12.0. The maximum Gasteiger partial charge on any atom is 0.165 e. The number of halogens is 2. The van der Waals surface area contributed by atoms with E-state index >= 15 is 0 Å². The van der Waals surface area contributed by atoms with Crippen molar-refractivity contribution < 1.29 is 23.4 Å². The van der Waals surface area contributed by atoms with E-state index in [-0.39, 0.29) is 12.4 Å². The topological polar surface area (TPSA) is 38.7 Å². The standard InChI is InChI=1S/C16H16F2O3/c1-10(19)11-3-6-15(20-2)12(7-11)9-21-16-8-13(17)4-5-14(16)18/h3-8,10,19H,9H2,1-2H3. The molecule has 0 fully saturated rings. The molecule has 2 aromatic rings. The van der Waals surface area contributed by atoms with Gasteiger partial charge in [0.2, 0.25) is 0 Å². The molecular formula is C16H16F2O3. The maximum atomic E-state index is 13.5. The van der Waals surface area contributed by atoms with Crippen LogP contribution in [-0.4, -0.2) is 12.2 Å². The molecule has 0 aliphatic carbocycles. The Morgan fingerprint density at radius 1 is 1.10 bits per heavy atom. The SMILES string of the molecule is COc1ccc(C(C)O)cc1COc1cc(F)ccc1F. The van der Waals surface area contributed by atoms with E-state index in [1.54, 1.807) is 25.1 Å². The van der Waals surface area contributed by atoms with Crippen LogP contribution in [0.25, 0.3) is 0 Å². The third kappa shape index (κ3) is 3.70. The molecule has 3 nitrogen and oxygen atoms in total. The molecule has 0 aliphatic rings. The van der Waals surface area contributed by atoms with Gasteiger partial charge in [-0.2, -0.15) is 0 Å². The van der Waals surface area contributed by atoms with E-state index in [2.05, 4.69) is 0 Å². The second kappa shape index (κ2) is 6.54. The number of benzene rings is 2. The van der Waals surface area contributed by atoms with Gasteiger partial charge in [-0.3, -0.25) is 0 Å². The molecule has 1 atom stereocenters. The molecule has 0 aliphatic heterocycles. The molecule has 0 heterocycles. The number of methoxy groups -OCH3 is 1. The van der Waals surface area contributed by atoms with E-state index in [1.165, 1.54) is 7.11 Å². The molecule has 112 valence electrons. The highest BCUT2D eigenvalue weighted by molar-refractivity contribution is 5.38. The van der Waals surface area contributed by atoms with E-state index in [0.29, 0.717) is 16.9 Å². The first-order valence-electron chi connectivity index (χ1n) is 6.44. The lowest BCUT2D eigenvalue weighted by molar-refractivity contribution is 0.198. The van der Waals surface area contributed by atoms with Crippen molar-refractivity contribution in [2.45, 2.75) is 19.6 Å². The largest absolute Gasteiger partial charge is 0.496 e. The quantitative estimate of drug-likeness (QED) is 0.915. The molecule has 0 bridgehead atoms. The zero-order valence-electron chi connectivity index (χ0n) is 11.8. The fraction of sp³-hybridized carbons (Fsp3) is 0.250. The molecule has 1 N–H and O–H groups in total. The predicted octanol–water partition coefficient (Wildman–Crippen LogP) is 3.61. The summed E-state index contributed by atoms with van der Waals surface area (Å²) in [4.78, 5) is 0. The summed E-state index contributed by atoms with van der Waals surface area (Å²) < 4.78 is 37.1. The van der Waals surface area contributed by atoms with Crippen LogP contribution in [0, 0.1) is 11.6 Å². The van der Waals surface area contributed by atoms with Crippen LogP contribution in [0.4, 0.5) is 8.78 Å². The smallest absolute Gasteiger partial charge is 0.165 e. The minimum Gasteiger partial charge on any atom is -0.496 e. The summed E-state index contributed by atoms with van der Waals surface area (Å²) in [7, 11) is 1.50. The third-order valence-corrected chi connectivity index (χ3v) is 3.06. The fourth-order valence-electron chi connectivity index (χ4n) is 1.91. The minimum atomic E-state index is -0.638. The van der Waals surface area contributed by atoms with E-state index < -0.39 is 17.7 Å². The lowest BCUT2D eigenvalue weighted by Crippen LogP contribution is -2.02. The molecule has 21 heavy (non-hydrogen) atoms. The van der Waals surface area contributed by atoms with Crippen LogP contribution in [0.1, 0.15) is 24.2 Å². The second-order valence-electron chi connectivity index (χ2n) is 4.61. The molecule has 0 spiro atoms. The first-order chi connectivity index (χ1) is 10.0. The maximum absolute atomic E-state index is 13.5. The van der Waals surface area contributed by atoms with Crippen LogP contribution in [0.2, 0.25) is 0 Å². The summed E-state index contributed by atoms with van der Waals surface area (Å²) >= 11 is 0. The molecule has 2 aromatic carbocycles. The van der Waals surface area contributed by atoms with Gasteiger partial charge in [0.05, 0.1) is 13.2 Å². The van der Waals surface area contributed by atoms with Crippen LogP contribution < -0.4 is 9.47 Å². The number of hydrogen-bond donors (Lipinski definition) is 1. The average Bonchev–Trinajstić information content (AvgIpc) is 2.47. The summed E-state index contributed by atoms with van der Waals surface area (Å²) in [6.07, 6.45) is -0.638. The van der Waals surface area contributed by atoms with Gasteiger partial charge >= 0.3 is 0 Å². The van der Waals surface area contributed by atoms with Crippen molar-refractivity contribution in [1.29, 1.82) is 0 Å². The lowest BCUT2D eigenvalue weighted by Gasteiger charge is -2.13. The Morgan fingerprint density at radius 2 is 1.86 bits per heavy atom. The van der Waals surface area contributed by atoms with Crippen LogP contribution >= 0.6 is 0 Å². The number of aliphatic hydroxyl groups excluding tert-OH is 1. The Morgan fingerprint density at radius 3 is 2.52 bits per heavy atom. The molecule has 0 aromatic heterocycles. The summed E-state index contributed by atoms with van der Waals surface area (Å²) in [6, 6.07) is 8.16. The van der Waals surface area contributed by atoms with Crippen molar-refractivity contribution in [3.05, 3.63) is 59.2 Å². The van der Waals surface area contributed by atoms with Gasteiger partial charge in [-0.1, -0.05) is 6.07 Å². The minimum absolute atomic E-state index is 0.00407. The van der Waals surface area contributed by atoms with Gasteiger partial charge < -0.3 is 14.6 Å². The van der Waals surface area contributed by atoms with Crippen LogP contribution in [0.15, 0.2) is 36.4 Å². The summed E-state index contributed by atoms with van der Waals surface area (Å²) in [5.74, 6) is -0.825. The first kappa shape index (κ1) is 15.3. The molecular weight excluding hydrogens is 278 g/mol. The first-order valence-corrected chi connectivity index (χ1v) is 6.44. The lowest BCUT2D eigenvalue weighted by atomic mass is 10.1. The molecule has 5 heteroatoms. The van der Waals surface area contributed by atoms with E-state index in [1.807, 2.05) is 0 Å². The molecule has 0 radical (unpaired) electrons. The van der Waals surface area contributed by atoms with Gasteiger partial charge in [-0.05, 0) is 36.8 Å². The highest BCUT2D eigenvalue weighted by Crippen LogP contribution is 2.26. The zero-order chi connectivity index (χ0) is 15.4. The van der Waals surface area contributed by atoms with Gasteiger partial charge in [0, 0.05) is 11.6 Å². The van der Waals surface area contributed by atoms with Crippen LogP contribution in [0.3, 0.4) is 0 Å². The summed E-state index contributed by atoms with van der Waals surface area (Å²) in [6.45, 7) is 1.64. The van der Waals surface area contributed by atoms with Gasteiger partial charge in [0.25, 0.3) is 0 Å². The Kier molecular flexibility index (Phi) is 4.75. The molecule has 0 amide bonds. The fourth-order valence-corrected chi connectivity index (χ4v) is 1.91. The van der Waals surface area contributed by atoms with Crippen molar-refractivity contribution in [2.75, 3.05) is 7.11 Å². The Labute approximate surface area is 121 Å². The number of aliphatic hydroxyl groups is 1. The van der Waals surface area contributed by atoms with Crippen molar-refractivity contribution in [1.82, 2.24) is 0 Å². The predicted molar refractivity (Wildman–Crippen MR) is 74.3 cm³/mol. The third-order valence-electron chi connectivity index (χ3n) is 3.06. The second-order valence-corrected chi connectivity index (χ2v) is 4.61. The van der Waals surface area contributed by atoms with Crippen molar-refractivity contribution in [3.8, 4) is 11.5 Å². The molecule has 2 rings (SSSR count). The van der Waals surface area contributed by atoms with E-state index in [4.69, 9.17) is 9.47 Å². The van der Waals surface area contributed by atoms with E-state index in [0.717, 1.165) is 18.2 Å². The zero-order valence-corrected chi connectivity index (χ0v) is 11.8. The van der Waals surface area contributed by atoms with Crippen LogP contribution in [-0.2, 0) is 6.61 Å². The van der Waals surface area contributed by atoms with Gasteiger partial charge in [-0.15, -0.1) is 0 Å². The van der Waals surface area contributed by atoms with Crippen molar-refractivity contribution in [2.24, 2.45) is 0 Å². The highest BCUT2D eigenvalue weighted by atomic mass is 19.1. The van der Waals surface area contributed by atoms with E-state index in [9.17, 15) is 13.9 Å². The average molecular weight is 294 g/mol. The summed E-state index contributed by atoms with van der Waals surface area (Å²) in [5.41, 5.74) is 1.33. The van der Waals surface area contributed by atoms with Crippen molar-refractivity contribution >= 4 is 0 Å². The Balaban J connectivity index is 2.22. The summed E-state index contributed by atoms with van der Waals surface area (Å²) in [5, 5.41) is 9.59. The Hall–Kier alpha value is -2.14. The monoisotopic (exact) mass is 294 g/mol. The molecule has 0 saturated carbocycles. The van der Waals surface area contributed by atoms with Crippen molar-refractivity contribution in [3.63, 3.8) is 0 Å². The van der Waals surface area contributed by atoms with Gasteiger partial charge in [-0.25, -0.2) is 8.78 Å². The van der Waals surface area contributed by atoms with Crippen LogP contribution in [0.5, 0.6) is 11.5 Å².